The van der Waals surface area contributed by atoms with Crippen LogP contribution in [-0.2, 0) is 9.59 Å². The number of rotatable bonds is 6. The van der Waals surface area contributed by atoms with E-state index in [-0.39, 0.29) is 6.42 Å². The number of carboxylic acids is 1. The molecule has 90 valence electrons. The van der Waals surface area contributed by atoms with Gasteiger partial charge in [0.2, 0.25) is 0 Å². The zero-order valence-electron chi connectivity index (χ0n) is 9.07. The second-order valence-electron chi connectivity index (χ2n) is 3.46. The van der Waals surface area contributed by atoms with Crippen LogP contribution in [0.5, 0.6) is 0 Å². The molecular weight excluding hydrogens is 286 g/mol. The van der Waals surface area contributed by atoms with Crippen LogP contribution < -0.4 is 5.32 Å². The SMILES string of the molecule is O=C=C(CCCC(=O)O)Nc1ccc(Br)cc1. The van der Waals surface area contributed by atoms with Crippen molar-refractivity contribution in [1.29, 1.82) is 0 Å². The normalized spacial score (nSPS) is 9.47. The first-order valence-corrected chi connectivity index (χ1v) is 5.89. The molecule has 0 aromatic heterocycles. The van der Waals surface area contributed by atoms with E-state index >= 15 is 0 Å². The minimum Gasteiger partial charge on any atom is -0.481 e. The smallest absolute Gasteiger partial charge is 0.303 e. The molecule has 0 aliphatic carbocycles. The maximum Gasteiger partial charge on any atom is 0.303 e. The fraction of sp³-hybridized carbons (Fsp3) is 0.250. The molecule has 17 heavy (non-hydrogen) atoms. The molecule has 2 N–H and O–H groups in total. The Morgan fingerprint density at radius 3 is 2.47 bits per heavy atom. The van der Waals surface area contributed by atoms with Crippen LogP contribution in [0, 0.1) is 0 Å². The molecule has 0 unspecified atom stereocenters. The fourth-order valence-corrected chi connectivity index (χ4v) is 1.53. The standard InChI is InChI=1S/C12H12BrNO3/c13-9-4-6-10(7-5-9)14-11(8-15)2-1-3-12(16)17/h4-7,14H,1-3H2,(H,16,17). The molecule has 4 nitrogen and oxygen atoms in total. The van der Waals surface area contributed by atoms with Crippen molar-refractivity contribution in [3.8, 4) is 0 Å². The maximum absolute atomic E-state index is 10.7. The number of benzene rings is 1. The summed E-state index contributed by atoms with van der Waals surface area (Å²) in [6.45, 7) is 0. The third kappa shape index (κ3) is 5.33. The molecule has 0 bridgehead atoms. The van der Waals surface area contributed by atoms with Crippen LogP contribution >= 0.6 is 15.9 Å². The van der Waals surface area contributed by atoms with E-state index in [9.17, 15) is 9.59 Å². The van der Waals surface area contributed by atoms with Gasteiger partial charge in [-0.3, -0.25) is 4.79 Å². The Bertz CT molecular complexity index is 436. The average Bonchev–Trinajstić information content (AvgIpc) is 2.30. The molecule has 1 aromatic rings. The number of hydrogen-bond acceptors (Lipinski definition) is 3. The monoisotopic (exact) mass is 297 g/mol. The summed E-state index contributed by atoms with van der Waals surface area (Å²) in [6.07, 6.45) is 0.850. The van der Waals surface area contributed by atoms with Gasteiger partial charge in [-0.2, -0.15) is 0 Å². The van der Waals surface area contributed by atoms with Crippen LogP contribution in [0.1, 0.15) is 19.3 Å². The quantitative estimate of drug-likeness (QED) is 0.793. The predicted molar refractivity (Wildman–Crippen MR) is 68.5 cm³/mol. The second kappa shape index (κ2) is 6.89. The van der Waals surface area contributed by atoms with Crippen molar-refractivity contribution in [3.63, 3.8) is 0 Å². The van der Waals surface area contributed by atoms with Gasteiger partial charge in [-0.05, 0) is 37.1 Å². The largest absolute Gasteiger partial charge is 0.481 e. The number of halogens is 1. The van der Waals surface area contributed by atoms with Crippen LogP contribution in [0.25, 0.3) is 0 Å². The third-order valence-electron chi connectivity index (χ3n) is 2.08. The van der Waals surface area contributed by atoms with Gasteiger partial charge >= 0.3 is 5.97 Å². The Hall–Kier alpha value is -1.58. The topological polar surface area (TPSA) is 66.4 Å². The van der Waals surface area contributed by atoms with Crippen LogP contribution in [0.2, 0.25) is 0 Å². The molecule has 0 amide bonds. The van der Waals surface area contributed by atoms with Gasteiger partial charge < -0.3 is 10.4 Å². The first-order valence-electron chi connectivity index (χ1n) is 5.10. The van der Waals surface area contributed by atoms with Crippen molar-refractivity contribution >= 4 is 33.5 Å². The highest BCUT2D eigenvalue weighted by molar-refractivity contribution is 9.10. The van der Waals surface area contributed by atoms with E-state index in [1.54, 1.807) is 5.94 Å². The lowest BCUT2D eigenvalue weighted by Crippen LogP contribution is -2.02. The number of allylic oxidation sites excluding steroid dienone is 1. The number of carbonyl (C=O) groups excluding carboxylic acids is 1. The van der Waals surface area contributed by atoms with Crippen molar-refractivity contribution in [2.24, 2.45) is 0 Å². The average molecular weight is 298 g/mol. The van der Waals surface area contributed by atoms with Gasteiger partial charge in [0.25, 0.3) is 0 Å². The number of nitrogens with one attached hydrogen (secondary N) is 1. The highest BCUT2D eigenvalue weighted by Gasteiger charge is 2.02. The van der Waals surface area contributed by atoms with E-state index in [4.69, 9.17) is 5.11 Å². The molecule has 0 heterocycles. The summed E-state index contributed by atoms with van der Waals surface area (Å²) in [7, 11) is 0. The van der Waals surface area contributed by atoms with Gasteiger partial charge in [-0.25, -0.2) is 4.79 Å². The number of carbonyl (C=O) groups is 1. The Labute approximate surface area is 107 Å². The fourth-order valence-electron chi connectivity index (χ4n) is 1.26. The molecule has 0 saturated heterocycles. The van der Waals surface area contributed by atoms with Gasteiger partial charge in [-0.1, -0.05) is 15.9 Å². The molecule has 0 atom stereocenters. The first kappa shape index (κ1) is 13.5. The van der Waals surface area contributed by atoms with Crippen LogP contribution in [0.15, 0.2) is 34.4 Å². The van der Waals surface area contributed by atoms with Gasteiger partial charge in [0, 0.05) is 16.6 Å². The summed E-state index contributed by atoms with van der Waals surface area (Å²) < 4.78 is 0.950. The van der Waals surface area contributed by atoms with Gasteiger partial charge in [0.05, 0.1) is 0 Å². The van der Waals surface area contributed by atoms with Gasteiger partial charge in [-0.15, -0.1) is 0 Å². The minimum atomic E-state index is -0.862. The first-order chi connectivity index (χ1) is 8.11. The van der Waals surface area contributed by atoms with Gasteiger partial charge in [0.15, 0.2) is 0 Å². The lowest BCUT2D eigenvalue weighted by atomic mass is 10.2. The summed E-state index contributed by atoms with van der Waals surface area (Å²) in [5.74, 6) is 0.928. The highest BCUT2D eigenvalue weighted by Crippen LogP contribution is 2.16. The molecule has 5 heteroatoms. The molecule has 0 fully saturated rings. The Kier molecular flexibility index (Phi) is 5.46. The number of hydrogen-bond donors (Lipinski definition) is 2. The Morgan fingerprint density at radius 2 is 1.94 bits per heavy atom. The summed E-state index contributed by atoms with van der Waals surface area (Å²) in [6, 6.07) is 7.33. The molecule has 0 radical (unpaired) electrons. The van der Waals surface area contributed by atoms with Gasteiger partial charge in [0.1, 0.15) is 11.6 Å². The number of anilines is 1. The predicted octanol–water partition coefficient (Wildman–Crippen LogP) is 2.83. The van der Waals surface area contributed by atoms with E-state index in [1.807, 2.05) is 24.3 Å². The van der Waals surface area contributed by atoms with Crippen molar-refractivity contribution in [3.05, 3.63) is 34.4 Å². The molecule has 0 saturated carbocycles. The molecule has 0 aliphatic rings. The Balaban J connectivity index is 2.50. The molecule has 0 aliphatic heterocycles. The summed E-state index contributed by atoms with van der Waals surface area (Å²) in [4.78, 5) is 21.0. The zero-order chi connectivity index (χ0) is 12.7. The van der Waals surface area contributed by atoms with Crippen LogP contribution in [-0.4, -0.2) is 17.0 Å². The summed E-state index contributed by atoms with van der Waals surface area (Å²) in [5, 5.41) is 11.4. The lowest BCUT2D eigenvalue weighted by Gasteiger charge is -2.06. The third-order valence-corrected chi connectivity index (χ3v) is 2.61. The second-order valence-corrected chi connectivity index (χ2v) is 4.38. The van der Waals surface area contributed by atoms with E-state index < -0.39 is 5.97 Å². The van der Waals surface area contributed by atoms with Crippen molar-refractivity contribution in [2.45, 2.75) is 19.3 Å². The van der Waals surface area contributed by atoms with E-state index in [2.05, 4.69) is 21.2 Å². The van der Waals surface area contributed by atoms with E-state index in [1.165, 1.54) is 0 Å². The summed E-state index contributed by atoms with van der Waals surface area (Å²) in [5.41, 5.74) is 1.15. The molecule has 1 rings (SSSR count). The van der Waals surface area contributed by atoms with E-state index in [0.717, 1.165) is 10.2 Å². The minimum absolute atomic E-state index is 0.0488. The van der Waals surface area contributed by atoms with Crippen molar-refractivity contribution < 1.29 is 14.7 Å². The molecule has 0 spiro atoms. The number of aliphatic carboxylic acids is 1. The maximum atomic E-state index is 10.7. The van der Waals surface area contributed by atoms with Crippen LogP contribution in [0.4, 0.5) is 5.69 Å². The lowest BCUT2D eigenvalue weighted by molar-refractivity contribution is -0.137. The summed E-state index contributed by atoms with van der Waals surface area (Å²) >= 11 is 3.31. The van der Waals surface area contributed by atoms with E-state index in [0.29, 0.717) is 18.5 Å². The highest BCUT2D eigenvalue weighted by atomic mass is 79.9. The van der Waals surface area contributed by atoms with Crippen molar-refractivity contribution in [2.75, 3.05) is 5.32 Å². The van der Waals surface area contributed by atoms with Crippen LogP contribution in [0.3, 0.4) is 0 Å². The zero-order valence-corrected chi connectivity index (χ0v) is 10.7. The molecular formula is C12H12BrNO3. The van der Waals surface area contributed by atoms with Crippen molar-refractivity contribution in [1.82, 2.24) is 0 Å². The Morgan fingerprint density at radius 1 is 1.29 bits per heavy atom. The molecule has 1 aromatic carbocycles. The number of carboxylic acid groups (broad SMARTS) is 1.